The molecule has 1 saturated carbocycles. The van der Waals surface area contributed by atoms with Gasteiger partial charge in [-0.15, -0.1) is 0 Å². The molecule has 0 aromatic carbocycles. The fourth-order valence-corrected chi connectivity index (χ4v) is 3.43. The van der Waals surface area contributed by atoms with Crippen molar-refractivity contribution in [1.29, 1.82) is 0 Å². The first-order chi connectivity index (χ1) is 9.84. The Bertz CT molecular complexity index is 334. The maximum atomic E-state index is 12.3. The van der Waals surface area contributed by atoms with Crippen molar-refractivity contribution < 1.29 is 14.3 Å². The number of hydrogen-bond acceptors (Lipinski definition) is 4. The van der Waals surface area contributed by atoms with Crippen molar-refractivity contribution in [2.24, 2.45) is 0 Å². The molecule has 3 rings (SSSR count). The monoisotopic (exact) mass is 283 g/mol. The number of ether oxygens (including phenoxy) is 2. The predicted octanol–water partition coefficient (Wildman–Crippen LogP) is 0.282. The van der Waals surface area contributed by atoms with Crippen molar-refractivity contribution in [2.45, 2.75) is 31.4 Å². The van der Waals surface area contributed by atoms with E-state index >= 15 is 0 Å². The molecule has 2 atom stereocenters. The Labute approximate surface area is 120 Å². The lowest BCUT2D eigenvalue weighted by Gasteiger charge is -2.37. The highest BCUT2D eigenvalue weighted by atomic mass is 16.5. The lowest BCUT2D eigenvalue weighted by Crippen LogP contribution is -2.55. The number of urea groups is 1. The van der Waals surface area contributed by atoms with Crippen molar-refractivity contribution in [2.75, 3.05) is 52.5 Å². The number of fused-ring (bicyclic) bond motifs is 1. The van der Waals surface area contributed by atoms with Crippen LogP contribution in [0.1, 0.15) is 19.3 Å². The smallest absolute Gasteiger partial charge is 0.317 e. The van der Waals surface area contributed by atoms with E-state index in [4.69, 9.17) is 9.47 Å². The fraction of sp³-hybridized carbons (Fsp3) is 0.929. The summed E-state index contributed by atoms with van der Waals surface area (Å²) >= 11 is 0. The third-order valence-corrected chi connectivity index (χ3v) is 4.55. The molecular weight excluding hydrogens is 258 g/mol. The SMILES string of the molecule is O=C(NCCN1CCOCC1)N1CCO[C@@H]2CCC[C@@H]21. The highest BCUT2D eigenvalue weighted by Crippen LogP contribution is 2.29. The van der Waals surface area contributed by atoms with E-state index in [1.807, 2.05) is 4.90 Å². The topological polar surface area (TPSA) is 54.0 Å². The maximum absolute atomic E-state index is 12.3. The Balaban J connectivity index is 1.41. The predicted molar refractivity (Wildman–Crippen MR) is 74.7 cm³/mol. The first-order valence-corrected chi connectivity index (χ1v) is 7.81. The van der Waals surface area contributed by atoms with E-state index < -0.39 is 0 Å². The molecule has 1 N–H and O–H groups in total. The molecule has 2 aliphatic heterocycles. The van der Waals surface area contributed by atoms with Crippen LogP contribution in [-0.4, -0.2) is 80.5 Å². The minimum absolute atomic E-state index is 0.0819. The van der Waals surface area contributed by atoms with Gasteiger partial charge >= 0.3 is 6.03 Å². The molecule has 2 amide bonds. The van der Waals surface area contributed by atoms with E-state index in [1.165, 1.54) is 6.42 Å². The Morgan fingerprint density at radius 3 is 2.85 bits per heavy atom. The van der Waals surface area contributed by atoms with Crippen LogP contribution in [0.2, 0.25) is 0 Å². The number of hydrogen-bond donors (Lipinski definition) is 1. The molecule has 114 valence electrons. The molecule has 6 heteroatoms. The van der Waals surface area contributed by atoms with Gasteiger partial charge in [0.05, 0.1) is 32.0 Å². The average molecular weight is 283 g/mol. The third kappa shape index (κ3) is 3.24. The summed E-state index contributed by atoms with van der Waals surface area (Å²) in [5, 5.41) is 3.06. The molecule has 2 heterocycles. The van der Waals surface area contributed by atoms with E-state index in [-0.39, 0.29) is 12.1 Å². The molecule has 0 spiro atoms. The van der Waals surface area contributed by atoms with Crippen LogP contribution in [-0.2, 0) is 9.47 Å². The van der Waals surface area contributed by atoms with Gasteiger partial charge in [0.1, 0.15) is 0 Å². The number of rotatable bonds is 3. The molecule has 0 aromatic heterocycles. The third-order valence-electron chi connectivity index (χ3n) is 4.55. The van der Waals surface area contributed by atoms with Crippen molar-refractivity contribution in [1.82, 2.24) is 15.1 Å². The summed E-state index contributed by atoms with van der Waals surface area (Å²) < 4.78 is 11.1. The molecule has 6 nitrogen and oxygen atoms in total. The van der Waals surface area contributed by atoms with Gasteiger partial charge in [-0.05, 0) is 19.3 Å². The number of amides is 2. The van der Waals surface area contributed by atoms with Crippen molar-refractivity contribution >= 4 is 6.03 Å². The van der Waals surface area contributed by atoms with Gasteiger partial charge in [-0.2, -0.15) is 0 Å². The summed E-state index contributed by atoms with van der Waals surface area (Å²) in [5.41, 5.74) is 0. The van der Waals surface area contributed by atoms with Gasteiger partial charge in [0.2, 0.25) is 0 Å². The van der Waals surface area contributed by atoms with Gasteiger partial charge < -0.3 is 19.7 Å². The van der Waals surface area contributed by atoms with Crippen LogP contribution in [0.4, 0.5) is 4.79 Å². The zero-order chi connectivity index (χ0) is 13.8. The second kappa shape index (κ2) is 6.74. The Morgan fingerprint density at radius 2 is 2.00 bits per heavy atom. The average Bonchev–Trinajstić information content (AvgIpc) is 2.96. The Kier molecular flexibility index (Phi) is 4.75. The summed E-state index contributed by atoms with van der Waals surface area (Å²) in [4.78, 5) is 16.6. The van der Waals surface area contributed by atoms with Crippen LogP contribution in [0.5, 0.6) is 0 Å². The molecule has 2 saturated heterocycles. The summed E-state index contributed by atoms with van der Waals surface area (Å²) in [5.74, 6) is 0. The number of morpholine rings is 2. The van der Waals surface area contributed by atoms with Crippen LogP contribution in [0.15, 0.2) is 0 Å². The fourth-order valence-electron chi connectivity index (χ4n) is 3.43. The van der Waals surface area contributed by atoms with Crippen LogP contribution in [0, 0.1) is 0 Å². The standard InChI is InChI=1S/C14H25N3O3/c18-14(15-4-5-16-6-9-19-10-7-16)17-8-11-20-13-3-1-2-12(13)17/h12-13H,1-11H2,(H,15,18)/t12-,13+/m0/s1. The van der Waals surface area contributed by atoms with Gasteiger partial charge in [0.15, 0.2) is 0 Å². The second-order valence-electron chi connectivity index (χ2n) is 5.79. The summed E-state index contributed by atoms with van der Waals surface area (Å²) in [6.07, 6.45) is 3.63. The summed E-state index contributed by atoms with van der Waals surface area (Å²) in [7, 11) is 0. The largest absolute Gasteiger partial charge is 0.379 e. The number of carbonyl (C=O) groups is 1. The first kappa shape index (κ1) is 14.1. The van der Waals surface area contributed by atoms with Gasteiger partial charge in [-0.1, -0.05) is 0 Å². The number of nitrogens with zero attached hydrogens (tertiary/aromatic N) is 2. The van der Waals surface area contributed by atoms with Gasteiger partial charge in [-0.3, -0.25) is 4.90 Å². The zero-order valence-corrected chi connectivity index (χ0v) is 12.1. The molecule has 20 heavy (non-hydrogen) atoms. The summed E-state index contributed by atoms with van der Waals surface area (Å²) in [6, 6.07) is 0.380. The minimum atomic E-state index is 0.0819. The molecular formula is C14H25N3O3. The first-order valence-electron chi connectivity index (χ1n) is 7.81. The van der Waals surface area contributed by atoms with E-state index in [2.05, 4.69) is 10.2 Å². The minimum Gasteiger partial charge on any atom is -0.379 e. The number of nitrogens with one attached hydrogen (secondary N) is 1. The Morgan fingerprint density at radius 1 is 1.15 bits per heavy atom. The molecule has 0 bridgehead atoms. The van der Waals surface area contributed by atoms with E-state index in [9.17, 15) is 4.79 Å². The van der Waals surface area contributed by atoms with Crippen molar-refractivity contribution in [3.05, 3.63) is 0 Å². The van der Waals surface area contributed by atoms with Crippen LogP contribution >= 0.6 is 0 Å². The van der Waals surface area contributed by atoms with E-state index in [0.29, 0.717) is 19.2 Å². The lowest BCUT2D eigenvalue weighted by atomic mass is 10.1. The lowest BCUT2D eigenvalue weighted by molar-refractivity contribution is -0.0383. The van der Waals surface area contributed by atoms with Gasteiger partial charge in [0, 0.05) is 32.7 Å². The molecule has 3 fully saturated rings. The second-order valence-corrected chi connectivity index (χ2v) is 5.79. The Hall–Kier alpha value is -0.850. The maximum Gasteiger partial charge on any atom is 0.317 e. The zero-order valence-electron chi connectivity index (χ0n) is 12.1. The summed E-state index contributed by atoms with van der Waals surface area (Å²) in [6.45, 7) is 6.59. The van der Waals surface area contributed by atoms with Crippen LogP contribution in [0.25, 0.3) is 0 Å². The van der Waals surface area contributed by atoms with Gasteiger partial charge in [0.25, 0.3) is 0 Å². The molecule has 0 aromatic rings. The van der Waals surface area contributed by atoms with Gasteiger partial charge in [-0.25, -0.2) is 4.79 Å². The van der Waals surface area contributed by atoms with Crippen LogP contribution < -0.4 is 5.32 Å². The number of carbonyl (C=O) groups excluding carboxylic acids is 1. The van der Waals surface area contributed by atoms with Crippen molar-refractivity contribution in [3.63, 3.8) is 0 Å². The highest BCUT2D eigenvalue weighted by molar-refractivity contribution is 5.74. The van der Waals surface area contributed by atoms with Crippen LogP contribution in [0.3, 0.4) is 0 Å². The molecule has 0 radical (unpaired) electrons. The van der Waals surface area contributed by atoms with E-state index in [1.54, 1.807) is 0 Å². The normalized spacial score (nSPS) is 31.1. The molecule has 0 unspecified atom stereocenters. The molecule has 1 aliphatic carbocycles. The highest BCUT2D eigenvalue weighted by Gasteiger charge is 2.38. The van der Waals surface area contributed by atoms with Crippen molar-refractivity contribution in [3.8, 4) is 0 Å². The molecule has 3 aliphatic rings. The van der Waals surface area contributed by atoms with E-state index in [0.717, 1.165) is 52.2 Å². The quantitative estimate of drug-likeness (QED) is 0.808.